The standard InChI is InChI=1S/C4H7O2.Li/c1-3-6-4(2)5;/h2-3H2,1H3;. The normalized spacial score (nSPS) is 8.43. The number of carbonyl (C=O) groups excluding carboxylic acids is 1. The molecule has 0 aromatic rings. The van der Waals surface area contributed by atoms with Crippen LogP contribution in [0.5, 0.6) is 0 Å². The van der Waals surface area contributed by atoms with Gasteiger partial charge in [0.25, 0.3) is 0 Å². The van der Waals surface area contributed by atoms with E-state index in [1.165, 1.54) is 0 Å². The molecule has 0 radical (unpaired) electrons. The van der Waals surface area contributed by atoms with Crippen LogP contribution in [-0.4, -0.2) is 30.3 Å². The zero-order valence-corrected chi connectivity index (χ0v) is 4.73. The summed E-state index contributed by atoms with van der Waals surface area (Å²) in [6.45, 7) is 2.29. The van der Waals surface area contributed by atoms with Gasteiger partial charge in [0.1, 0.15) is 0 Å². The molecule has 0 saturated carbocycles. The summed E-state index contributed by atoms with van der Waals surface area (Å²) in [5.74, 6) is -0.123. The van der Waals surface area contributed by atoms with Crippen LogP contribution in [0, 0.1) is 0 Å². The van der Waals surface area contributed by atoms with Crippen LogP contribution < -0.4 is 0 Å². The SMILES string of the molecule is [Li][CH2]C(=O)OCC. The molecule has 0 N–H and O–H groups in total. The van der Waals surface area contributed by atoms with Gasteiger partial charge in [-0.1, -0.05) is 0 Å². The molecule has 0 heterocycles. The Morgan fingerprint density at radius 3 is 2.57 bits per heavy atom. The third-order valence-corrected chi connectivity index (χ3v) is 0.594. The Hall–Kier alpha value is 0.0674. The minimum atomic E-state index is -0.123. The van der Waals surface area contributed by atoms with Crippen molar-refractivity contribution in [3.63, 3.8) is 0 Å². The molecule has 7 heavy (non-hydrogen) atoms. The van der Waals surface area contributed by atoms with Crippen molar-refractivity contribution >= 4 is 23.7 Å². The van der Waals surface area contributed by atoms with E-state index in [0.717, 1.165) is 0 Å². The Morgan fingerprint density at radius 1 is 1.86 bits per heavy atom. The van der Waals surface area contributed by atoms with Crippen molar-refractivity contribution in [3.05, 3.63) is 0 Å². The van der Waals surface area contributed by atoms with E-state index < -0.39 is 0 Å². The van der Waals surface area contributed by atoms with Gasteiger partial charge in [-0.25, -0.2) is 0 Å². The first-order valence-electron chi connectivity index (χ1n) is 2.46. The molecule has 0 fully saturated rings. The van der Waals surface area contributed by atoms with E-state index >= 15 is 0 Å². The fraction of sp³-hybridized carbons (Fsp3) is 0.750. The summed E-state index contributed by atoms with van der Waals surface area (Å²) in [6.07, 6.45) is 0. The van der Waals surface area contributed by atoms with Gasteiger partial charge in [-0.15, -0.1) is 0 Å². The van der Waals surface area contributed by atoms with E-state index in [4.69, 9.17) is 0 Å². The van der Waals surface area contributed by atoms with Gasteiger partial charge in [-0.2, -0.15) is 0 Å². The van der Waals surface area contributed by atoms with Crippen LogP contribution in [0.4, 0.5) is 0 Å². The first-order chi connectivity index (χ1) is 3.31. The molecule has 0 rings (SSSR count). The summed E-state index contributed by atoms with van der Waals surface area (Å²) in [4.78, 5) is 10.2. The van der Waals surface area contributed by atoms with Crippen LogP contribution in [0.3, 0.4) is 0 Å². The van der Waals surface area contributed by atoms with Crippen LogP contribution >= 0.6 is 0 Å². The van der Waals surface area contributed by atoms with Gasteiger partial charge >= 0.3 is 51.8 Å². The molecule has 0 spiro atoms. The Morgan fingerprint density at radius 2 is 2.43 bits per heavy atom. The number of esters is 1. The predicted octanol–water partition coefficient (Wildman–Crippen LogP) is 0.136. The number of hydrogen-bond donors (Lipinski definition) is 0. The maximum atomic E-state index is 10.2. The zero-order chi connectivity index (χ0) is 5.70. The average Bonchev–Trinajstić information content (AvgIpc) is 1.68. The number of rotatable bonds is 2. The second-order valence-corrected chi connectivity index (χ2v) is 1.16. The molecule has 0 saturated heterocycles. The number of carbonyl (C=O) groups is 1. The Labute approximate surface area is 52.4 Å². The van der Waals surface area contributed by atoms with Crippen LogP contribution in [-0.2, 0) is 9.53 Å². The van der Waals surface area contributed by atoms with Crippen molar-refractivity contribution in [2.75, 3.05) is 6.61 Å². The summed E-state index contributed by atoms with van der Waals surface area (Å²) in [5.41, 5.74) is 0. The van der Waals surface area contributed by atoms with E-state index in [1.807, 2.05) is 0 Å². The monoisotopic (exact) mass is 94.1 g/mol. The van der Waals surface area contributed by atoms with E-state index in [9.17, 15) is 4.79 Å². The first kappa shape index (κ1) is 7.07. The van der Waals surface area contributed by atoms with Gasteiger partial charge in [0.2, 0.25) is 0 Å². The van der Waals surface area contributed by atoms with Crippen LogP contribution in [0.15, 0.2) is 0 Å². The number of ether oxygens (including phenoxy) is 1. The van der Waals surface area contributed by atoms with Gasteiger partial charge in [0, 0.05) is 0 Å². The zero-order valence-electron chi connectivity index (χ0n) is 4.73. The van der Waals surface area contributed by atoms with E-state index in [1.54, 1.807) is 24.6 Å². The Bertz CT molecular complexity index is 62.7. The average molecular weight is 94.0 g/mol. The molecule has 0 atom stereocenters. The molecule has 0 aliphatic carbocycles. The Balaban J connectivity index is 3.00. The van der Waals surface area contributed by atoms with Crippen LogP contribution in [0.25, 0.3) is 0 Å². The Kier molecular flexibility index (Phi) is 4.27. The van der Waals surface area contributed by atoms with Gasteiger partial charge in [-0.3, -0.25) is 0 Å². The van der Waals surface area contributed by atoms with Gasteiger partial charge in [0.15, 0.2) is 0 Å². The molecule has 0 aliphatic heterocycles. The van der Waals surface area contributed by atoms with E-state index in [2.05, 4.69) is 4.74 Å². The van der Waals surface area contributed by atoms with E-state index in [-0.39, 0.29) is 5.97 Å². The van der Waals surface area contributed by atoms with Crippen LogP contribution in [0.2, 0.25) is 5.09 Å². The molecule has 0 bridgehead atoms. The van der Waals surface area contributed by atoms with Gasteiger partial charge < -0.3 is 0 Å². The number of hydrogen-bond acceptors (Lipinski definition) is 2. The van der Waals surface area contributed by atoms with Crippen molar-refractivity contribution in [2.45, 2.75) is 12.0 Å². The van der Waals surface area contributed by atoms with Gasteiger partial charge in [0.05, 0.1) is 0 Å². The summed E-state index contributed by atoms with van der Waals surface area (Å²) in [7, 11) is 0. The van der Waals surface area contributed by atoms with E-state index in [0.29, 0.717) is 11.7 Å². The molecular weight excluding hydrogens is 87.0 g/mol. The summed E-state index contributed by atoms with van der Waals surface area (Å²) in [6, 6.07) is 0. The van der Waals surface area contributed by atoms with Crippen molar-refractivity contribution in [2.24, 2.45) is 0 Å². The summed E-state index contributed by atoms with van der Waals surface area (Å²) < 4.78 is 4.55. The molecule has 2 nitrogen and oxygen atoms in total. The second-order valence-electron chi connectivity index (χ2n) is 1.16. The second kappa shape index (κ2) is 4.23. The molecular formula is C4H7LiO2. The van der Waals surface area contributed by atoms with Crippen molar-refractivity contribution in [1.29, 1.82) is 0 Å². The topological polar surface area (TPSA) is 26.3 Å². The van der Waals surface area contributed by atoms with Crippen molar-refractivity contribution < 1.29 is 9.53 Å². The van der Waals surface area contributed by atoms with Gasteiger partial charge in [-0.05, 0) is 0 Å². The first-order valence-corrected chi connectivity index (χ1v) is 2.46. The molecule has 3 heteroatoms. The predicted molar refractivity (Wildman–Crippen MR) is 27.2 cm³/mol. The third kappa shape index (κ3) is 3.91. The minimum absolute atomic E-state index is 0.123. The van der Waals surface area contributed by atoms with Crippen molar-refractivity contribution in [3.8, 4) is 0 Å². The quantitative estimate of drug-likeness (QED) is 0.359. The third-order valence-electron chi connectivity index (χ3n) is 0.594. The molecule has 0 unspecified atom stereocenters. The molecule has 0 aromatic heterocycles. The van der Waals surface area contributed by atoms with Crippen molar-refractivity contribution in [1.82, 2.24) is 0 Å². The molecule has 0 amide bonds. The van der Waals surface area contributed by atoms with Crippen LogP contribution in [0.1, 0.15) is 6.92 Å². The summed E-state index contributed by atoms with van der Waals surface area (Å²) in [5, 5.41) is 0.480. The fourth-order valence-electron chi connectivity index (χ4n) is 0.263. The molecule has 0 aliphatic rings. The summed E-state index contributed by atoms with van der Waals surface area (Å²) >= 11 is 1.78. The molecule has 36 valence electrons. The fourth-order valence-corrected chi connectivity index (χ4v) is 0.263. The molecule has 0 aromatic carbocycles. The maximum absolute atomic E-state index is 10.2.